The Balaban J connectivity index is 2.74. The highest BCUT2D eigenvalue weighted by Gasteiger charge is 2.21. The van der Waals surface area contributed by atoms with Crippen molar-refractivity contribution in [3.8, 4) is 5.75 Å². The van der Waals surface area contributed by atoms with Gasteiger partial charge in [-0.15, -0.1) is 0 Å². The monoisotopic (exact) mass is 292 g/mol. The normalized spacial score (nSPS) is 12.3. The summed E-state index contributed by atoms with van der Waals surface area (Å²) in [7, 11) is 3.59. The number of benzene rings is 1. The van der Waals surface area contributed by atoms with Crippen molar-refractivity contribution in [3.63, 3.8) is 0 Å². The molecule has 0 aliphatic carbocycles. The zero-order valence-corrected chi connectivity index (χ0v) is 13.8. The van der Waals surface area contributed by atoms with Crippen LogP contribution in [0.4, 0.5) is 0 Å². The number of hydrogen-bond acceptors (Lipinski definition) is 3. The van der Waals surface area contributed by atoms with Gasteiger partial charge in [-0.1, -0.05) is 32.0 Å². The molecule has 1 aromatic carbocycles. The minimum Gasteiger partial charge on any atom is -0.494 e. The first-order valence-electron chi connectivity index (χ1n) is 7.61. The van der Waals surface area contributed by atoms with Crippen molar-refractivity contribution in [2.45, 2.75) is 39.8 Å². The van der Waals surface area contributed by atoms with E-state index in [0.717, 1.165) is 17.7 Å². The molecule has 0 aliphatic rings. The van der Waals surface area contributed by atoms with Gasteiger partial charge in [-0.3, -0.25) is 4.79 Å². The third-order valence-electron chi connectivity index (χ3n) is 3.26. The van der Waals surface area contributed by atoms with Gasteiger partial charge in [-0.2, -0.15) is 0 Å². The van der Waals surface area contributed by atoms with Crippen LogP contribution >= 0.6 is 0 Å². The van der Waals surface area contributed by atoms with Crippen LogP contribution in [-0.2, 0) is 11.3 Å². The lowest BCUT2D eigenvalue weighted by atomic mass is 10.0. The van der Waals surface area contributed by atoms with Gasteiger partial charge in [0.2, 0.25) is 5.91 Å². The van der Waals surface area contributed by atoms with Crippen molar-refractivity contribution in [1.29, 1.82) is 0 Å². The molecule has 0 fully saturated rings. The first-order valence-corrected chi connectivity index (χ1v) is 7.61. The van der Waals surface area contributed by atoms with Gasteiger partial charge in [-0.25, -0.2) is 0 Å². The van der Waals surface area contributed by atoms with E-state index in [0.29, 0.717) is 19.1 Å². The average Bonchev–Trinajstić information content (AvgIpc) is 2.44. The summed E-state index contributed by atoms with van der Waals surface area (Å²) in [6, 6.07) is 7.79. The third kappa shape index (κ3) is 5.76. The smallest absolute Gasteiger partial charge is 0.239 e. The predicted molar refractivity (Wildman–Crippen MR) is 86.4 cm³/mol. The molecular formula is C17H28N2O2. The fourth-order valence-corrected chi connectivity index (χ4v) is 2.23. The third-order valence-corrected chi connectivity index (χ3v) is 3.26. The summed E-state index contributed by atoms with van der Waals surface area (Å²) in [6.45, 7) is 7.51. The maximum atomic E-state index is 12.2. The molecule has 1 unspecified atom stereocenters. The van der Waals surface area contributed by atoms with Crippen molar-refractivity contribution < 1.29 is 9.53 Å². The molecule has 0 bridgehead atoms. The van der Waals surface area contributed by atoms with Crippen LogP contribution in [0.3, 0.4) is 0 Å². The van der Waals surface area contributed by atoms with Crippen LogP contribution in [0.5, 0.6) is 5.75 Å². The molecule has 21 heavy (non-hydrogen) atoms. The molecule has 4 heteroatoms. The Kier molecular flexibility index (Phi) is 7.23. The number of hydrogen-bond donors (Lipinski definition) is 1. The van der Waals surface area contributed by atoms with Gasteiger partial charge in [-0.05, 0) is 25.3 Å². The summed E-state index contributed by atoms with van der Waals surface area (Å²) < 4.78 is 5.62. The van der Waals surface area contributed by atoms with Crippen LogP contribution in [0.1, 0.15) is 32.8 Å². The fraction of sp³-hybridized carbons (Fsp3) is 0.588. The van der Waals surface area contributed by atoms with Crippen molar-refractivity contribution in [2.75, 3.05) is 20.7 Å². The van der Waals surface area contributed by atoms with Crippen molar-refractivity contribution in [3.05, 3.63) is 29.8 Å². The number of nitrogens with zero attached hydrogens (tertiary/aromatic N) is 1. The Bertz CT molecular complexity index is 444. The van der Waals surface area contributed by atoms with Crippen LogP contribution in [0.25, 0.3) is 0 Å². The van der Waals surface area contributed by atoms with E-state index in [1.165, 1.54) is 0 Å². The number of rotatable bonds is 8. The van der Waals surface area contributed by atoms with Crippen LogP contribution in [0.2, 0.25) is 0 Å². The molecule has 0 radical (unpaired) electrons. The largest absolute Gasteiger partial charge is 0.494 e. The zero-order valence-electron chi connectivity index (χ0n) is 13.8. The molecule has 1 aromatic rings. The van der Waals surface area contributed by atoms with E-state index in [1.54, 1.807) is 19.0 Å². The van der Waals surface area contributed by atoms with Crippen LogP contribution in [0, 0.1) is 5.92 Å². The van der Waals surface area contributed by atoms with Crippen LogP contribution < -0.4 is 10.1 Å². The molecule has 118 valence electrons. The Morgan fingerprint density at radius 1 is 1.29 bits per heavy atom. The highest BCUT2D eigenvalue weighted by Crippen LogP contribution is 2.18. The molecule has 4 nitrogen and oxygen atoms in total. The van der Waals surface area contributed by atoms with Gasteiger partial charge < -0.3 is 15.0 Å². The summed E-state index contributed by atoms with van der Waals surface area (Å²) in [5.74, 6) is 1.47. The molecule has 0 saturated heterocycles. The number of amides is 1. The Morgan fingerprint density at radius 2 is 1.95 bits per heavy atom. The fourth-order valence-electron chi connectivity index (χ4n) is 2.23. The molecule has 0 saturated carbocycles. The first-order chi connectivity index (χ1) is 9.95. The summed E-state index contributed by atoms with van der Waals surface area (Å²) in [5, 5.41) is 3.38. The maximum Gasteiger partial charge on any atom is 0.239 e. The molecule has 1 atom stereocenters. The predicted octanol–water partition coefficient (Wildman–Crippen LogP) is 2.68. The SMILES string of the molecule is CCOc1ccccc1CNC(CC(C)C)C(=O)N(C)C. The van der Waals surface area contributed by atoms with Gasteiger partial charge in [0.05, 0.1) is 12.6 Å². The standard InChI is InChI=1S/C17H28N2O2/c1-6-21-16-10-8-7-9-14(16)12-18-15(11-13(2)3)17(20)19(4)5/h7-10,13,15,18H,6,11-12H2,1-5H3. The van der Waals surface area contributed by atoms with E-state index in [2.05, 4.69) is 19.2 Å². The minimum atomic E-state index is -0.158. The van der Waals surface area contributed by atoms with Crippen LogP contribution in [-0.4, -0.2) is 37.6 Å². The second kappa shape index (κ2) is 8.67. The van der Waals surface area contributed by atoms with Gasteiger partial charge in [0.15, 0.2) is 0 Å². The Morgan fingerprint density at radius 3 is 2.52 bits per heavy atom. The molecule has 1 rings (SSSR count). The van der Waals surface area contributed by atoms with E-state index >= 15 is 0 Å². The van der Waals surface area contributed by atoms with E-state index < -0.39 is 0 Å². The lowest BCUT2D eigenvalue weighted by molar-refractivity contribution is -0.131. The summed E-state index contributed by atoms with van der Waals surface area (Å²) in [6.07, 6.45) is 0.827. The molecule has 0 spiro atoms. The molecular weight excluding hydrogens is 264 g/mol. The Labute approximate surface area is 128 Å². The lowest BCUT2D eigenvalue weighted by Gasteiger charge is -2.23. The number of para-hydroxylation sites is 1. The van der Waals surface area contributed by atoms with E-state index in [4.69, 9.17) is 4.74 Å². The van der Waals surface area contributed by atoms with E-state index in [-0.39, 0.29) is 11.9 Å². The average molecular weight is 292 g/mol. The number of likely N-dealkylation sites (N-methyl/N-ethyl adjacent to an activating group) is 1. The molecule has 0 aliphatic heterocycles. The summed E-state index contributed by atoms with van der Waals surface area (Å²) >= 11 is 0. The second-order valence-corrected chi connectivity index (χ2v) is 5.84. The lowest BCUT2D eigenvalue weighted by Crippen LogP contribution is -2.44. The van der Waals surface area contributed by atoms with E-state index in [9.17, 15) is 4.79 Å². The van der Waals surface area contributed by atoms with Gasteiger partial charge in [0.25, 0.3) is 0 Å². The second-order valence-electron chi connectivity index (χ2n) is 5.84. The molecule has 1 N–H and O–H groups in total. The van der Waals surface area contributed by atoms with Gasteiger partial charge in [0, 0.05) is 26.2 Å². The topological polar surface area (TPSA) is 41.6 Å². The zero-order chi connectivity index (χ0) is 15.8. The number of ether oxygens (including phenoxy) is 1. The minimum absolute atomic E-state index is 0.123. The van der Waals surface area contributed by atoms with Gasteiger partial charge in [0.1, 0.15) is 5.75 Å². The highest BCUT2D eigenvalue weighted by atomic mass is 16.5. The highest BCUT2D eigenvalue weighted by molar-refractivity contribution is 5.81. The maximum absolute atomic E-state index is 12.2. The molecule has 0 aromatic heterocycles. The van der Waals surface area contributed by atoms with Crippen molar-refractivity contribution >= 4 is 5.91 Å². The summed E-state index contributed by atoms with van der Waals surface area (Å²) in [5.41, 5.74) is 1.08. The van der Waals surface area contributed by atoms with Crippen molar-refractivity contribution in [1.82, 2.24) is 10.2 Å². The van der Waals surface area contributed by atoms with Gasteiger partial charge >= 0.3 is 0 Å². The Hall–Kier alpha value is -1.55. The quantitative estimate of drug-likeness (QED) is 0.801. The van der Waals surface area contributed by atoms with Crippen LogP contribution in [0.15, 0.2) is 24.3 Å². The number of nitrogens with one attached hydrogen (secondary N) is 1. The summed E-state index contributed by atoms with van der Waals surface area (Å²) in [4.78, 5) is 13.9. The molecule has 0 heterocycles. The number of carbonyl (C=O) groups is 1. The molecule has 1 amide bonds. The number of carbonyl (C=O) groups excluding carboxylic acids is 1. The van der Waals surface area contributed by atoms with E-state index in [1.807, 2.05) is 31.2 Å². The van der Waals surface area contributed by atoms with Crippen molar-refractivity contribution in [2.24, 2.45) is 5.92 Å². The first kappa shape index (κ1) is 17.5.